The van der Waals surface area contributed by atoms with Gasteiger partial charge >= 0.3 is 7.12 Å². The normalized spacial score (nSPS) is 27.4. The second-order valence-electron chi connectivity index (χ2n) is 5.03. The van der Waals surface area contributed by atoms with Crippen molar-refractivity contribution in [1.29, 1.82) is 0 Å². The minimum absolute atomic E-state index is 0.180. The van der Waals surface area contributed by atoms with E-state index in [0.717, 1.165) is 5.46 Å². The van der Waals surface area contributed by atoms with Crippen LogP contribution in [-0.4, -0.2) is 30.1 Å². The molecule has 0 bridgehead atoms. The minimum atomic E-state index is -0.949. The Hall–Kier alpha value is -1.07. The maximum Gasteiger partial charge on any atom is 0.494 e. The Morgan fingerprint density at radius 3 is 2.24 bits per heavy atom. The van der Waals surface area contributed by atoms with E-state index in [9.17, 15) is 9.50 Å². The standard InChI is InChI=1S/C12H16BFO3/c1-11(2)12(3,8-14)17-13(16-11)9-4-6-10(15)7-5-9/h4-7,15H,8H2,1-3H3. The number of rotatable bonds is 2. The van der Waals surface area contributed by atoms with Crippen LogP contribution >= 0.6 is 0 Å². The number of alkyl halides is 1. The predicted octanol–water partition coefficient (Wildman–Crippen LogP) is 1.64. The van der Waals surface area contributed by atoms with Gasteiger partial charge in [-0.1, -0.05) is 12.1 Å². The van der Waals surface area contributed by atoms with Gasteiger partial charge in [-0.3, -0.25) is 0 Å². The second kappa shape index (κ2) is 4.00. The minimum Gasteiger partial charge on any atom is -0.508 e. The molecule has 0 spiro atoms. The zero-order chi connectivity index (χ0) is 12.7. The van der Waals surface area contributed by atoms with Crippen LogP contribution in [0.15, 0.2) is 24.3 Å². The highest BCUT2D eigenvalue weighted by Crippen LogP contribution is 2.37. The molecule has 1 aliphatic heterocycles. The summed E-state index contributed by atoms with van der Waals surface area (Å²) in [7, 11) is -0.591. The van der Waals surface area contributed by atoms with Gasteiger partial charge in [-0.25, -0.2) is 4.39 Å². The average Bonchev–Trinajstić information content (AvgIpc) is 2.52. The molecule has 0 saturated carbocycles. The molecule has 1 aromatic rings. The highest BCUT2D eigenvalue weighted by Gasteiger charge is 2.54. The molecule has 1 fully saturated rings. The molecule has 1 aromatic carbocycles. The lowest BCUT2D eigenvalue weighted by molar-refractivity contribution is -0.0260. The van der Waals surface area contributed by atoms with Crippen molar-refractivity contribution >= 4 is 12.6 Å². The van der Waals surface area contributed by atoms with Crippen LogP contribution in [0, 0.1) is 0 Å². The van der Waals surface area contributed by atoms with Crippen molar-refractivity contribution in [3.8, 4) is 5.75 Å². The van der Waals surface area contributed by atoms with Crippen molar-refractivity contribution in [2.75, 3.05) is 6.67 Å². The van der Waals surface area contributed by atoms with E-state index in [0.29, 0.717) is 0 Å². The van der Waals surface area contributed by atoms with Gasteiger partial charge < -0.3 is 14.4 Å². The van der Waals surface area contributed by atoms with Crippen LogP contribution in [0.2, 0.25) is 0 Å². The third-order valence-electron chi connectivity index (χ3n) is 3.46. The molecule has 0 radical (unpaired) electrons. The van der Waals surface area contributed by atoms with Gasteiger partial charge in [-0.2, -0.15) is 0 Å². The number of benzene rings is 1. The first-order valence-electron chi connectivity index (χ1n) is 5.58. The van der Waals surface area contributed by atoms with E-state index in [1.165, 1.54) is 0 Å². The second-order valence-corrected chi connectivity index (χ2v) is 5.03. The summed E-state index contributed by atoms with van der Waals surface area (Å²) in [4.78, 5) is 0. The predicted molar refractivity (Wildman–Crippen MR) is 64.1 cm³/mol. The molecule has 5 heteroatoms. The zero-order valence-corrected chi connectivity index (χ0v) is 10.2. The quantitative estimate of drug-likeness (QED) is 0.796. The highest BCUT2D eigenvalue weighted by atomic mass is 19.1. The van der Waals surface area contributed by atoms with Gasteiger partial charge in [0.2, 0.25) is 0 Å². The molecule has 1 heterocycles. The molecule has 1 unspecified atom stereocenters. The molecule has 1 N–H and O–H groups in total. The maximum absolute atomic E-state index is 13.1. The largest absolute Gasteiger partial charge is 0.508 e. The zero-order valence-electron chi connectivity index (χ0n) is 10.2. The molecular weight excluding hydrogens is 222 g/mol. The smallest absolute Gasteiger partial charge is 0.494 e. The van der Waals surface area contributed by atoms with Crippen LogP contribution in [0.1, 0.15) is 20.8 Å². The van der Waals surface area contributed by atoms with Gasteiger partial charge in [-0.05, 0) is 38.4 Å². The van der Waals surface area contributed by atoms with E-state index < -0.39 is 25.0 Å². The van der Waals surface area contributed by atoms with Crippen LogP contribution in [0.4, 0.5) is 4.39 Å². The van der Waals surface area contributed by atoms with E-state index in [1.54, 1.807) is 31.2 Å². The van der Waals surface area contributed by atoms with Crippen molar-refractivity contribution in [2.24, 2.45) is 0 Å². The average molecular weight is 238 g/mol. The number of hydrogen-bond donors (Lipinski definition) is 1. The number of halogens is 1. The summed E-state index contributed by atoms with van der Waals surface area (Å²) >= 11 is 0. The first-order valence-corrected chi connectivity index (χ1v) is 5.58. The number of aromatic hydroxyl groups is 1. The molecule has 17 heavy (non-hydrogen) atoms. The fourth-order valence-electron chi connectivity index (χ4n) is 1.75. The number of phenols is 1. The summed E-state index contributed by atoms with van der Waals surface area (Å²) in [6.45, 7) is 4.72. The number of hydrogen-bond acceptors (Lipinski definition) is 3. The molecule has 0 amide bonds. The molecule has 0 aromatic heterocycles. The van der Waals surface area contributed by atoms with Crippen molar-refractivity contribution in [2.45, 2.75) is 32.0 Å². The molecule has 1 aliphatic rings. The van der Waals surface area contributed by atoms with Crippen LogP contribution < -0.4 is 5.46 Å². The Balaban J connectivity index is 2.24. The fourth-order valence-corrected chi connectivity index (χ4v) is 1.75. The van der Waals surface area contributed by atoms with Crippen molar-refractivity contribution < 1.29 is 18.8 Å². The SMILES string of the molecule is CC1(C)OB(c2ccc(O)cc2)OC1(C)CF. The lowest BCUT2D eigenvalue weighted by atomic mass is 9.79. The summed E-state index contributed by atoms with van der Waals surface area (Å²) in [6.07, 6.45) is 0. The van der Waals surface area contributed by atoms with Gasteiger partial charge in [0.1, 0.15) is 18.0 Å². The van der Waals surface area contributed by atoms with Gasteiger partial charge in [0, 0.05) is 0 Å². The Labute approximate surface area is 101 Å². The Bertz CT molecular complexity index is 407. The van der Waals surface area contributed by atoms with Gasteiger partial charge in [-0.15, -0.1) is 0 Å². The maximum atomic E-state index is 13.1. The van der Waals surface area contributed by atoms with Crippen molar-refractivity contribution in [1.82, 2.24) is 0 Å². The molecular formula is C12H16BFO3. The molecule has 0 aliphatic carbocycles. The number of phenolic OH excluding ortho intramolecular Hbond substituents is 1. The molecule has 3 nitrogen and oxygen atoms in total. The van der Waals surface area contributed by atoms with E-state index >= 15 is 0 Å². The van der Waals surface area contributed by atoms with Crippen molar-refractivity contribution in [3.05, 3.63) is 24.3 Å². The van der Waals surface area contributed by atoms with Crippen LogP contribution in [0.25, 0.3) is 0 Å². The summed E-state index contributed by atoms with van der Waals surface area (Å²) in [5.41, 5.74) is -0.868. The first-order chi connectivity index (χ1) is 7.88. The topological polar surface area (TPSA) is 38.7 Å². The molecule has 1 atom stereocenters. The van der Waals surface area contributed by atoms with E-state index in [1.807, 2.05) is 13.8 Å². The van der Waals surface area contributed by atoms with Gasteiger partial charge in [0.15, 0.2) is 0 Å². The lowest BCUT2D eigenvalue weighted by Gasteiger charge is -2.33. The summed E-state index contributed by atoms with van der Waals surface area (Å²) in [5.74, 6) is 0.180. The van der Waals surface area contributed by atoms with Crippen LogP contribution in [0.3, 0.4) is 0 Å². The third-order valence-corrected chi connectivity index (χ3v) is 3.46. The molecule has 2 rings (SSSR count). The van der Waals surface area contributed by atoms with E-state index in [-0.39, 0.29) is 5.75 Å². The molecule has 92 valence electrons. The van der Waals surface area contributed by atoms with E-state index in [2.05, 4.69) is 0 Å². The van der Waals surface area contributed by atoms with Crippen LogP contribution in [0.5, 0.6) is 5.75 Å². The molecule has 1 saturated heterocycles. The monoisotopic (exact) mass is 238 g/mol. The Morgan fingerprint density at radius 2 is 1.76 bits per heavy atom. The van der Waals surface area contributed by atoms with Gasteiger partial charge in [0.05, 0.1) is 5.60 Å². The van der Waals surface area contributed by atoms with E-state index in [4.69, 9.17) is 9.31 Å². The summed E-state index contributed by atoms with van der Waals surface area (Å²) < 4.78 is 24.5. The summed E-state index contributed by atoms with van der Waals surface area (Å²) in [5, 5.41) is 9.21. The van der Waals surface area contributed by atoms with Crippen molar-refractivity contribution in [3.63, 3.8) is 0 Å². The van der Waals surface area contributed by atoms with Gasteiger partial charge in [0.25, 0.3) is 0 Å². The summed E-state index contributed by atoms with van der Waals surface area (Å²) in [6, 6.07) is 6.53. The Morgan fingerprint density at radius 1 is 1.18 bits per heavy atom. The lowest BCUT2D eigenvalue weighted by Crippen LogP contribution is -2.46. The first kappa shape index (κ1) is 12.4. The third kappa shape index (κ3) is 2.05. The fraction of sp³-hybridized carbons (Fsp3) is 0.500. The van der Waals surface area contributed by atoms with Crippen LogP contribution in [-0.2, 0) is 9.31 Å². The Kier molecular flexibility index (Phi) is 2.91. The highest BCUT2D eigenvalue weighted by molar-refractivity contribution is 6.62.